The van der Waals surface area contributed by atoms with Gasteiger partial charge in [0.15, 0.2) is 5.82 Å². The summed E-state index contributed by atoms with van der Waals surface area (Å²) in [6, 6.07) is 24.9. The van der Waals surface area contributed by atoms with Gasteiger partial charge in [-0.2, -0.15) is 4.68 Å². The average Bonchev–Trinajstić information content (AvgIpc) is 3.16. The minimum absolute atomic E-state index is 0.111. The number of aromatic nitrogens is 2. The number of nitrogens with zero attached hydrogens (tertiary/aromatic N) is 3. The van der Waals surface area contributed by atoms with E-state index in [0.29, 0.717) is 22.5 Å². The Morgan fingerprint density at radius 3 is 2.37 bits per heavy atom. The van der Waals surface area contributed by atoms with Crippen LogP contribution < -0.4 is 10.6 Å². The van der Waals surface area contributed by atoms with Gasteiger partial charge in [0.25, 0.3) is 11.5 Å². The van der Waals surface area contributed by atoms with E-state index in [2.05, 4.69) is 22.6 Å². The lowest BCUT2D eigenvalue weighted by Gasteiger charge is -2.28. The van der Waals surface area contributed by atoms with E-state index in [1.165, 1.54) is 16.4 Å². The maximum atomic E-state index is 13.7. The van der Waals surface area contributed by atoms with Crippen LogP contribution in [-0.4, -0.2) is 21.3 Å². The van der Waals surface area contributed by atoms with Crippen LogP contribution in [0.4, 0.5) is 0 Å². The smallest absolute Gasteiger partial charge is 0.272 e. The molecule has 1 aromatic heterocycles. The Kier molecular flexibility index (Phi) is 5.08. The number of rotatable bonds is 3. The molecule has 0 bridgehead atoms. The van der Waals surface area contributed by atoms with Crippen LogP contribution in [0, 0.1) is 3.57 Å². The Hall–Kier alpha value is -2.65. The van der Waals surface area contributed by atoms with Crippen molar-refractivity contribution in [3.63, 3.8) is 0 Å². The van der Waals surface area contributed by atoms with Crippen LogP contribution in [0.15, 0.2) is 83.7 Å². The molecular formula is C23H16IN3O2S. The van der Waals surface area contributed by atoms with Crippen molar-refractivity contribution in [2.24, 2.45) is 0 Å². The summed E-state index contributed by atoms with van der Waals surface area (Å²) in [5.41, 5.74) is 2.13. The number of benzene rings is 3. The topological polar surface area (TPSA) is 55.2 Å². The van der Waals surface area contributed by atoms with Crippen molar-refractivity contribution in [2.75, 3.05) is 10.8 Å². The number of thioether (sulfide) groups is 1. The summed E-state index contributed by atoms with van der Waals surface area (Å²) in [4.78, 5) is 31.5. The molecule has 0 N–H and O–H groups in total. The minimum Gasteiger partial charge on any atom is -0.272 e. The van der Waals surface area contributed by atoms with E-state index in [1.807, 2.05) is 78.9 Å². The molecule has 1 saturated heterocycles. The summed E-state index contributed by atoms with van der Waals surface area (Å²) in [7, 11) is 0. The third kappa shape index (κ3) is 3.31. The summed E-state index contributed by atoms with van der Waals surface area (Å²) < 4.78 is 2.41. The third-order valence-electron chi connectivity index (χ3n) is 4.98. The zero-order valence-corrected chi connectivity index (χ0v) is 18.7. The van der Waals surface area contributed by atoms with Gasteiger partial charge in [-0.3, -0.25) is 9.59 Å². The highest BCUT2D eigenvalue weighted by molar-refractivity contribution is 14.1. The first kappa shape index (κ1) is 19.3. The standard InChI is InChI=1S/C23H16IN3O2S/c24-17-11-12-19-18(13-17)22(29)27(21(25-19)15-7-3-1-4-8-15)26-20(28)14-30-23(26)16-9-5-2-6-10-16/h1-13,23H,14H2. The molecule has 0 aliphatic carbocycles. The van der Waals surface area contributed by atoms with Crippen LogP contribution in [0.1, 0.15) is 10.9 Å². The Labute approximate surface area is 190 Å². The largest absolute Gasteiger partial charge is 0.280 e. The van der Waals surface area contributed by atoms with Crippen molar-refractivity contribution in [1.29, 1.82) is 0 Å². The Bertz CT molecular complexity index is 1310. The predicted octanol–water partition coefficient (Wildman–Crippen LogP) is 4.58. The first-order chi connectivity index (χ1) is 14.6. The van der Waals surface area contributed by atoms with Crippen molar-refractivity contribution in [3.05, 3.63) is 98.4 Å². The second-order valence-electron chi connectivity index (χ2n) is 6.89. The molecule has 0 spiro atoms. The molecular weight excluding hydrogens is 509 g/mol. The van der Waals surface area contributed by atoms with Gasteiger partial charge in [0, 0.05) is 9.13 Å². The van der Waals surface area contributed by atoms with E-state index in [1.54, 1.807) is 5.01 Å². The predicted molar refractivity (Wildman–Crippen MR) is 129 cm³/mol. The molecule has 0 radical (unpaired) electrons. The third-order valence-corrected chi connectivity index (χ3v) is 6.86. The monoisotopic (exact) mass is 525 g/mol. The number of hydrogen-bond donors (Lipinski definition) is 0. The summed E-state index contributed by atoms with van der Waals surface area (Å²) in [6.07, 6.45) is 0. The van der Waals surface area contributed by atoms with Gasteiger partial charge in [0.2, 0.25) is 0 Å². The molecule has 2 heterocycles. The average molecular weight is 525 g/mol. The highest BCUT2D eigenvalue weighted by Gasteiger charge is 2.37. The van der Waals surface area contributed by atoms with Crippen LogP contribution >= 0.6 is 34.4 Å². The molecule has 5 rings (SSSR count). The number of amides is 1. The van der Waals surface area contributed by atoms with Crippen LogP contribution in [0.2, 0.25) is 0 Å². The zero-order valence-electron chi connectivity index (χ0n) is 15.7. The van der Waals surface area contributed by atoms with Crippen molar-refractivity contribution in [3.8, 4) is 11.4 Å². The van der Waals surface area contributed by atoms with Gasteiger partial charge >= 0.3 is 0 Å². The molecule has 1 amide bonds. The molecule has 1 unspecified atom stereocenters. The van der Waals surface area contributed by atoms with Crippen molar-refractivity contribution < 1.29 is 4.79 Å². The lowest BCUT2D eigenvalue weighted by Crippen LogP contribution is -2.46. The second-order valence-corrected chi connectivity index (χ2v) is 9.21. The number of carbonyl (C=O) groups excluding carboxylic acids is 1. The normalized spacial score (nSPS) is 16.4. The van der Waals surface area contributed by atoms with Gasteiger partial charge in [-0.05, 0) is 46.4 Å². The van der Waals surface area contributed by atoms with Gasteiger partial charge in [0.05, 0.1) is 16.7 Å². The van der Waals surface area contributed by atoms with Gasteiger partial charge in [-0.25, -0.2) is 9.99 Å². The van der Waals surface area contributed by atoms with Crippen molar-refractivity contribution in [1.82, 2.24) is 9.66 Å². The van der Waals surface area contributed by atoms with Crippen LogP contribution in [0.5, 0.6) is 0 Å². The molecule has 5 nitrogen and oxygen atoms in total. The zero-order chi connectivity index (χ0) is 20.7. The van der Waals surface area contributed by atoms with E-state index >= 15 is 0 Å². The molecule has 4 aromatic rings. The molecule has 0 saturated carbocycles. The Balaban J connectivity index is 1.81. The molecule has 3 aromatic carbocycles. The van der Waals surface area contributed by atoms with E-state index in [9.17, 15) is 9.59 Å². The molecule has 30 heavy (non-hydrogen) atoms. The number of halogens is 1. The number of carbonyl (C=O) groups is 1. The second kappa shape index (κ2) is 7.88. The van der Waals surface area contributed by atoms with Gasteiger partial charge < -0.3 is 0 Å². The SMILES string of the molecule is O=C1CSC(c2ccccc2)N1n1c(-c2ccccc2)nc2ccc(I)cc2c1=O. The van der Waals surface area contributed by atoms with E-state index < -0.39 is 0 Å². The van der Waals surface area contributed by atoms with E-state index in [0.717, 1.165) is 14.7 Å². The number of fused-ring (bicyclic) bond motifs is 1. The fourth-order valence-corrected chi connectivity index (χ4v) is 5.24. The lowest BCUT2D eigenvalue weighted by atomic mass is 10.2. The summed E-state index contributed by atoms with van der Waals surface area (Å²) in [5.74, 6) is 0.663. The van der Waals surface area contributed by atoms with Crippen molar-refractivity contribution in [2.45, 2.75) is 5.37 Å². The first-order valence-electron chi connectivity index (χ1n) is 9.40. The maximum Gasteiger partial charge on any atom is 0.280 e. The van der Waals surface area contributed by atoms with Crippen LogP contribution in [-0.2, 0) is 4.79 Å². The van der Waals surface area contributed by atoms with Gasteiger partial charge in [-0.15, -0.1) is 11.8 Å². The van der Waals surface area contributed by atoms with E-state index in [4.69, 9.17) is 4.98 Å². The summed E-state index contributed by atoms with van der Waals surface area (Å²) in [6.45, 7) is 0. The van der Waals surface area contributed by atoms with E-state index in [-0.39, 0.29) is 16.8 Å². The summed E-state index contributed by atoms with van der Waals surface area (Å²) >= 11 is 3.70. The van der Waals surface area contributed by atoms with Gasteiger partial charge in [0.1, 0.15) is 5.37 Å². The highest BCUT2D eigenvalue weighted by Crippen LogP contribution is 2.38. The molecule has 7 heteroatoms. The Morgan fingerprint density at radius 1 is 0.933 bits per heavy atom. The molecule has 1 aliphatic heterocycles. The quantitative estimate of drug-likeness (QED) is 0.368. The molecule has 1 atom stereocenters. The van der Waals surface area contributed by atoms with Crippen LogP contribution in [0.25, 0.3) is 22.3 Å². The summed E-state index contributed by atoms with van der Waals surface area (Å²) in [5, 5.41) is 1.77. The van der Waals surface area contributed by atoms with Gasteiger partial charge in [-0.1, -0.05) is 60.7 Å². The molecule has 1 fully saturated rings. The lowest BCUT2D eigenvalue weighted by molar-refractivity contribution is -0.117. The maximum absolute atomic E-state index is 13.7. The molecule has 1 aliphatic rings. The highest BCUT2D eigenvalue weighted by atomic mass is 127. The first-order valence-corrected chi connectivity index (χ1v) is 11.5. The minimum atomic E-state index is -0.291. The number of hydrogen-bond acceptors (Lipinski definition) is 4. The van der Waals surface area contributed by atoms with Crippen LogP contribution in [0.3, 0.4) is 0 Å². The Morgan fingerprint density at radius 2 is 1.63 bits per heavy atom. The fraction of sp³-hybridized carbons (Fsp3) is 0.0870. The molecule has 148 valence electrons. The van der Waals surface area contributed by atoms with Crippen molar-refractivity contribution >= 4 is 51.2 Å². The fourth-order valence-electron chi connectivity index (χ4n) is 3.61.